The predicted molar refractivity (Wildman–Crippen MR) is 73.3 cm³/mol. The quantitative estimate of drug-likeness (QED) is 0.777. The zero-order valence-corrected chi connectivity index (χ0v) is 11.9. The third kappa shape index (κ3) is 3.71. The average molecular weight is 295 g/mol. The third-order valence-corrected chi connectivity index (χ3v) is 3.46. The van der Waals surface area contributed by atoms with Gasteiger partial charge in [0.25, 0.3) is 0 Å². The summed E-state index contributed by atoms with van der Waals surface area (Å²) >= 11 is 0. The van der Waals surface area contributed by atoms with Gasteiger partial charge in [0, 0.05) is 6.54 Å². The van der Waals surface area contributed by atoms with Crippen LogP contribution in [0, 0.1) is 5.82 Å². The van der Waals surface area contributed by atoms with E-state index in [0.717, 1.165) is 6.42 Å². The van der Waals surface area contributed by atoms with Crippen molar-refractivity contribution in [3.05, 3.63) is 30.1 Å². The van der Waals surface area contributed by atoms with Crippen LogP contribution in [-0.2, 0) is 14.3 Å². The van der Waals surface area contributed by atoms with Gasteiger partial charge in [0.1, 0.15) is 6.04 Å². The molecule has 21 heavy (non-hydrogen) atoms. The molecule has 1 aliphatic rings. The van der Waals surface area contributed by atoms with Gasteiger partial charge in [-0.15, -0.1) is 0 Å². The second-order valence-electron chi connectivity index (χ2n) is 4.80. The number of rotatable bonds is 5. The Morgan fingerprint density at radius 1 is 1.38 bits per heavy atom. The lowest BCUT2D eigenvalue weighted by Crippen LogP contribution is -2.41. The predicted octanol–water partition coefficient (Wildman–Crippen LogP) is 1.76. The fraction of sp³-hybridized carbons (Fsp3) is 0.467. The van der Waals surface area contributed by atoms with Crippen molar-refractivity contribution in [1.82, 2.24) is 4.90 Å². The van der Waals surface area contributed by atoms with Crippen LogP contribution in [0.5, 0.6) is 5.75 Å². The van der Waals surface area contributed by atoms with Crippen molar-refractivity contribution in [2.75, 3.05) is 20.3 Å². The molecule has 1 aromatic rings. The van der Waals surface area contributed by atoms with E-state index in [2.05, 4.69) is 0 Å². The molecule has 6 heteroatoms. The lowest BCUT2D eigenvalue weighted by atomic mass is 10.2. The molecule has 0 N–H and O–H groups in total. The van der Waals surface area contributed by atoms with Crippen LogP contribution < -0.4 is 4.74 Å². The zero-order valence-electron chi connectivity index (χ0n) is 11.9. The van der Waals surface area contributed by atoms with E-state index in [9.17, 15) is 14.0 Å². The summed E-state index contributed by atoms with van der Waals surface area (Å²) in [7, 11) is 1.31. The number of carbonyl (C=O) groups excluding carboxylic acids is 2. The molecule has 1 heterocycles. The molecule has 1 aromatic carbocycles. The largest absolute Gasteiger partial charge is 0.490 e. The molecule has 0 radical (unpaired) electrons. The molecular weight excluding hydrogens is 277 g/mol. The molecule has 0 aliphatic carbocycles. The van der Waals surface area contributed by atoms with Crippen molar-refractivity contribution in [3.63, 3.8) is 0 Å². The Kier molecular flexibility index (Phi) is 5.14. The van der Waals surface area contributed by atoms with Crippen molar-refractivity contribution >= 4 is 11.9 Å². The van der Waals surface area contributed by atoms with Crippen molar-refractivity contribution in [3.8, 4) is 5.75 Å². The molecule has 0 bridgehead atoms. The Labute approximate surface area is 122 Å². The van der Waals surface area contributed by atoms with Crippen LogP contribution in [0.2, 0.25) is 0 Å². The molecule has 1 saturated heterocycles. The van der Waals surface area contributed by atoms with Crippen LogP contribution in [-0.4, -0.2) is 43.1 Å². The first-order chi connectivity index (χ1) is 10.1. The standard InChI is InChI=1S/C15H18FNO4/c1-20-15(19)12-6-4-9-17(12)14(18)8-10-21-13-7-3-2-5-11(13)16/h2-3,5,7,12H,4,6,8-10H2,1H3. The van der Waals surface area contributed by atoms with Crippen molar-refractivity contribution < 1.29 is 23.5 Å². The molecule has 1 fully saturated rings. The van der Waals surface area contributed by atoms with Crippen molar-refractivity contribution in [2.24, 2.45) is 0 Å². The van der Waals surface area contributed by atoms with E-state index in [1.165, 1.54) is 24.1 Å². The lowest BCUT2D eigenvalue weighted by Gasteiger charge is -2.22. The van der Waals surface area contributed by atoms with Gasteiger partial charge >= 0.3 is 5.97 Å². The molecule has 5 nitrogen and oxygen atoms in total. The second-order valence-corrected chi connectivity index (χ2v) is 4.80. The van der Waals surface area contributed by atoms with E-state index in [4.69, 9.17) is 9.47 Å². The maximum absolute atomic E-state index is 13.3. The number of carbonyl (C=O) groups is 2. The van der Waals surface area contributed by atoms with Crippen molar-refractivity contribution in [2.45, 2.75) is 25.3 Å². The van der Waals surface area contributed by atoms with Gasteiger partial charge in [-0.25, -0.2) is 9.18 Å². The van der Waals surface area contributed by atoms with Gasteiger partial charge in [-0.05, 0) is 25.0 Å². The smallest absolute Gasteiger partial charge is 0.328 e. The van der Waals surface area contributed by atoms with E-state index in [1.54, 1.807) is 12.1 Å². The Bertz CT molecular complexity index is 520. The van der Waals surface area contributed by atoms with Gasteiger partial charge in [-0.3, -0.25) is 4.79 Å². The lowest BCUT2D eigenvalue weighted by molar-refractivity contribution is -0.151. The molecule has 114 valence electrons. The van der Waals surface area contributed by atoms with Gasteiger partial charge in [-0.1, -0.05) is 12.1 Å². The first kappa shape index (κ1) is 15.3. The number of esters is 1. The number of likely N-dealkylation sites (tertiary alicyclic amines) is 1. The van der Waals surface area contributed by atoms with E-state index >= 15 is 0 Å². The van der Waals surface area contributed by atoms with Crippen LogP contribution >= 0.6 is 0 Å². The number of hydrogen-bond donors (Lipinski definition) is 0. The summed E-state index contributed by atoms with van der Waals surface area (Å²) in [6.07, 6.45) is 1.49. The SMILES string of the molecule is COC(=O)C1CCCN1C(=O)CCOc1ccccc1F. The molecule has 1 unspecified atom stereocenters. The molecule has 1 amide bonds. The maximum Gasteiger partial charge on any atom is 0.328 e. The average Bonchev–Trinajstić information content (AvgIpc) is 2.98. The van der Waals surface area contributed by atoms with Gasteiger partial charge in [0.2, 0.25) is 5.91 Å². The topological polar surface area (TPSA) is 55.8 Å². The normalized spacial score (nSPS) is 17.6. The minimum Gasteiger partial charge on any atom is -0.490 e. The number of ether oxygens (including phenoxy) is 2. The Hall–Kier alpha value is -2.11. The van der Waals surface area contributed by atoms with Crippen molar-refractivity contribution in [1.29, 1.82) is 0 Å². The van der Waals surface area contributed by atoms with E-state index in [0.29, 0.717) is 13.0 Å². The number of nitrogens with zero attached hydrogens (tertiary/aromatic N) is 1. The Morgan fingerprint density at radius 3 is 2.86 bits per heavy atom. The number of hydrogen-bond acceptors (Lipinski definition) is 4. The Morgan fingerprint density at radius 2 is 2.14 bits per heavy atom. The molecule has 1 aliphatic heterocycles. The number of para-hydroxylation sites is 1. The first-order valence-electron chi connectivity index (χ1n) is 6.88. The second kappa shape index (κ2) is 7.06. The van der Waals surface area contributed by atoms with Gasteiger partial charge in [-0.2, -0.15) is 0 Å². The summed E-state index contributed by atoms with van der Waals surface area (Å²) in [5.41, 5.74) is 0. The van der Waals surface area contributed by atoms with Crippen LogP contribution in [0.1, 0.15) is 19.3 Å². The molecular formula is C15H18FNO4. The van der Waals surface area contributed by atoms with Gasteiger partial charge in [0.15, 0.2) is 11.6 Å². The highest BCUT2D eigenvalue weighted by atomic mass is 19.1. The van der Waals surface area contributed by atoms with Crippen LogP contribution in [0.4, 0.5) is 4.39 Å². The first-order valence-corrected chi connectivity index (χ1v) is 6.88. The third-order valence-electron chi connectivity index (χ3n) is 3.46. The zero-order chi connectivity index (χ0) is 15.2. The highest BCUT2D eigenvalue weighted by Crippen LogP contribution is 2.20. The van der Waals surface area contributed by atoms with Crippen LogP contribution in [0.25, 0.3) is 0 Å². The minimum absolute atomic E-state index is 0.0736. The molecule has 1 atom stereocenters. The minimum atomic E-state index is -0.504. The fourth-order valence-corrected chi connectivity index (χ4v) is 2.40. The monoisotopic (exact) mass is 295 g/mol. The number of benzene rings is 1. The maximum atomic E-state index is 13.3. The Balaban J connectivity index is 1.84. The summed E-state index contributed by atoms with van der Waals surface area (Å²) in [5, 5.41) is 0. The highest BCUT2D eigenvalue weighted by Gasteiger charge is 2.34. The van der Waals surface area contributed by atoms with Gasteiger partial charge < -0.3 is 14.4 Å². The van der Waals surface area contributed by atoms with Crippen LogP contribution in [0.15, 0.2) is 24.3 Å². The summed E-state index contributed by atoms with van der Waals surface area (Å²) in [4.78, 5) is 25.2. The number of methoxy groups -OCH3 is 1. The fourth-order valence-electron chi connectivity index (χ4n) is 2.40. The molecule has 0 saturated carbocycles. The molecule has 2 rings (SSSR count). The van der Waals surface area contributed by atoms with Gasteiger partial charge in [0.05, 0.1) is 20.1 Å². The molecule has 0 aromatic heterocycles. The summed E-state index contributed by atoms with van der Waals surface area (Å²) in [6.45, 7) is 0.614. The summed E-state index contributed by atoms with van der Waals surface area (Å²) in [6, 6.07) is 5.53. The number of halogens is 1. The van der Waals surface area contributed by atoms with E-state index in [1.807, 2.05) is 0 Å². The summed E-state index contributed by atoms with van der Waals surface area (Å²) < 4.78 is 23.3. The summed E-state index contributed by atoms with van der Waals surface area (Å²) in [5.74, 6) is -0.912. The van der Waals surface area contributed by atoms with E-state index < -0.39 is 17.8 Å². The van der Waals surface area contributed by atoms with Crippen LogP contribution in [0.3, 0.4) is 0 Å². The molecule has 0 spiro atoms. The van der Waals surface area contributed by atoms with E-state index in [-0.39, 0.29) is 24.7 Å². The highest BCUT2D eigenvalue weighted by molar-refractivity contribution is 5.85. The number of amides is 1.